The highest BCUT2D eigenvalue weighted by Gasteiger charge is 2.33. The monoisotopic (exact) mass is 385 g/mol. The Kier molecular flexibility index (Phi) is 5.95. The Morgan fingerprint density at radius 2 is 1.96 bits per heavy atom. The highest BCUT2D eigenvalue weighted by Crippen LogP contribution is 2.35. The summed E-state index contributed by atoms with van der Waals surface area (Å²) in [6.07, 6.45) is -2.69. The van der Waals surface area contributed by atoms with Gasteiger partial charge in [0.2, 0.25) is 0 Å². The number of carbonyl (C=O) groups is 1. The fourth-order valence-corrected chi connectivity index (χ4v) is 3.68. The van der Waals surface area contributed by atoms with E-state index in [1.54, 1.807) is 11.9 Å². The van der Waals surface area contributed by atoms with Gasteiger partial charge in [0.1, 0.15) is 0 Å². The summed E-state index contributed by atoms with van der Waals surface area (Å²) in [5, 5.41) is 0. The van der Waals surface area contributed by atoms with Crippen molar-refractivity contribution in [2.75, 3.05) is 58.3 Å². The van der Waals surface area contributed by atoms with Crippen molar-refractivity contribution in [2.24, 2.45) is 0 Å². The second kappa shape index (κ2) is 8.06. The van der Waals surface area contributed by atoms with Crippen molar-refractivity contribution in [3.63, 3.8) is 0 Å². The van der Waals surface area contributed by atoms with Gasteiger partial charge in [0.05, 0.1) is 29.5 Å². The van der Waals surface area contributed by atoms with Crippen molar-refractivity contribution in [1.82, 2.24) is 9.80 Å². The first-order chi connectivity index (χ1) is 12.8. The van der Waals surface area contributed by atoms with Crippen LogP contribution in [0.5, 0.6) is 0 Å². The highest BCUT2D eigenvalue weighted by molar-refractivity contribution is 6.00. The SMILES string of the molecule is CN1CCO[C@@H](CN(C)C(=O)c2ccc(C(F)(F)F)cc2N2CCCC2)C1. The molecule has 8 heteroatoms. The molecule has 1 amide bonds. The first kappa shape index (κ1) is 19.9. The number of rotatable bonds is 4. The first-order valence-corrected chi connectivity index (χ1v) is 9.27. The van der Waals surface area contributed by atoms with Gasteiger partial charge in [-0.1, -0.05) is 0 Å². The van der Waals surface area contributed by atoms with Crippen molar-refractivity contribution in [2.45, 2.75) is 25.1 Å². The lowest BCUT2D eigenvalue weighted by Gasteiger charge is -2.33. The van der Waals surface area contributed by atoms with Crippen molar-refractivity contribution in [1.29, 1.82) is 0 Å². The number of benzene rings is 1. The fraction of sp³-hybridized carbons (Fsp3) is 0.632. The van der Waals surface area contributed by atoms with E-state index >= 15 is 0 Å². The molecule has 0 saturated carbocycles. The third kappa shape index (κ3) is 4.73. The molecular weight excluding hydrogens is 359 g/mol. The molecule has 150 valence electrons. The van der Waals surface area contributed by atoms with Gasteiger partial charge in [-0.3, -0.25) is 4.79 Å². The maximum absolute atomic E-state index is 13.2. The van der Waals surface area contributed by atoms with Gasteiger partial charge < -0.3 is 19.4 Å². The third-order valence-electron chi connectivity index (χ3n) is 5.17. The Morgan fingerprint density at radius 3 is 2.59 bits per heavy atom. The maximum atomic E-state index is 13.2. The first-order valence-electron chi connectivity index (χ1n) is 9.27. The van der Waals surface area contributed by atoms with Gasteiger partial charge in [-0.25, -0.2) is 0 Å². The van der Waals surface area contributed by atoms with Gasteiger partial charge >= 0.3 is 6.18 Å². The predicted molar refractivity (Wildman–Crippen MR) is 97.1 cm³/mol. The van der Waals surface area contributed by atoms with Crippen LogP contribution in [0.25, 0.3) is 0 Å². The number of morpholine rings is 1. The van der Waals surface area contributed by atoms with Crippen LogP contribution in [0.15, 0.2) is 18.2 Å². The summed E-state index contributed by atoms with van der Waals surface area (Å²) in [7, 11) is 3.67. The van der Waals surface area contributed by atoms with Crippen LogP contribution in [0.3, 0.4) is 0 Å². The molecular formula is C19H26F3N3O2. The Morgan fingerprint density at radius 1 is 1.26 bits per heavy atom. The van der Waals surface area contributed by atoms with Crippen molar-refractivity contribution >= 4 is 11.6 Å². The van der Waals surface area contributed by atoms with E-state index in [1.807, 2.05) is 11.9 Å². The molecule has 2 saturated heterocycles. The molecule has 0 bridgehead atoms. The lowest BCUT2D eigenvalue weighted by molar-refractivity contribution is -0.137. The summed E-state index contributed by atoms with van der Waals surface area (Å²) in [5.74, 6) is -0.276. The molecule has 1 aromatic carbocycles. The molecule has 2 fully saturated rings. The summed E-state index contributed by atoms with van der Waals surface area (Å²) in [4.78, 5) is 18.6. The van der Waals surface area contributed by atoms with Crippen molar-refractivity contribution in [3.8, 4) is 0 Å². The van der Waals surface area contributed by atoms with Crippen LogP contribution >= 0.6 is 0 Å². The van der Waals surface area contributed by atoms with E-state index in [-0.39, 0.29) is 12.0 Å². The zero-order valence-corrected chi connectivity index (χ0v) is 15.8. The second-order valence-electron chi connectivity index (χ2n) is 7.36. The van der Waals surface area contributed by atoms with Crippen molar-refractivity contribution < 1.29 is 22.7 Å². The molecule has 0 spiro atoms. The minimum Gasteiger partial charge on any atom is -0.374 e. The summed E-state index contributed by atoms with van der Waals surface area (Å²) < 4.78 is 45.2. The topological polar surface area (TPSA) is 36.0 Å². The number of amides is 1. The van der Waals surface area contributed by atoms with Crippen LogP contribution in [-0.2, 0) is 10.9 Å². The molecule has 0 unspecified atom stereocenters. The van der Waals surface area contributed by atoms with Gasteiger partial charge in [-0.15, -0.1) is 0 Å². The molecule has 1 atom stereocenters. The van der Waals surface area contributed by atoms with Gasteiger partial charge in [-0.2, -0.15) is 13.2 Å². The van der Waals surface area contributed by atoms with Crippen LogP contribution < -0.4 is 4.90 Å². The minimum atomic E-state index is -4.43. The standard InChI is InChI=1S/C19H26F3N3O2/c1-23-9-10-27-15(12-23)13-24(2)18(26)16-6-5-14(19(20,21)22)11-17(16)25-7-3-4-8-25/h5-6,11,15H,3-4,7-10,12-13H2,1-2H3/t15-/m1/s1. The quantitative estimate of drug-likeness (QED) is 0.799. The molecule has 2 heterocycles. The lowest BCUT2D eigenvalue weighted by atomic mass is 10.1. The summed E-state index contributed by atoms with van der Waals surface area (Å²) in [6.45, 7) is 3.94. The predicted octanol–water partition coefficient (Wildman–Crippen LogP) is 2.71. The zero-order valence-electron chi connectivity index (χ0n) is 15.8. The minimum absolute atomic E-state index is 0.0950. The highest BCUT2D eigenvalue weighted by atomic mass is 19.4. The Balaban J connectivity index is 1.82. The van der Waals surface area contributed by atoms with Gasteiger partial charge in [0, 0.05) is 39.8 Å². The van der Waals surface area contributed by atoms with E-state index in [0.717, 1.165) is 38.1 Å². The summed E-state index contributed by atoms with van der Waals surface area (Å²) in [6, 6.07) is 3.41. The van der Waals surface area contributed by atoms with Crippen LogP contribution in [-0.4, -0.2) is 75.2 Å². The molecule has 0 radical (unpaired) electrons. The summed E-state index contributed by atoms with van der Waals surface area (Å²) >= 11 is 0. The number of alkyl halides is 3. The maximum Gasteiger partial charge on any atom is 0.416 e. The van der Waals surface area contributed by atoms with Crippen LogP contribution in [0, 0.1) is 0 Å². The van der Waals surface area contributed by atoms with E-state index in [0.29, 0.717) is 37.5 Å². The van der Waals surface area contributed by atoms with Gasteiger partial charge in [0.25, 0.3) is 5.91 Å². The third-order valence-corrected chi connectivity index (χ3v) is 5.17. The molecule has 0 N–H and O–H groups in total. The second-order valence-corrected chi connectivity index (χ2v) is 7.36. The normalized spacial score (nSPS) is 21.5. The molecule has 0 aromatic heterocycles. The number of hydrogen-bond acceptors (Lipinski definition) is 4. The molecule has 1 aromatic rings. The summed E-state index contributed by atoms with van der Waals surface area (Å²) in [5.41, 5.74) is -0.0294. The van der Waals surface area contributed by atoms with E-state index < -0.39 is 11.7 Å². The van der Waals surface area contributed by atoms with Gasteiger partial charge in [0.15, 0.2) is 0 Å². The molecule has 0 aliphatic carbocycles. The molecule has 2 aliphatic rings. The smallest absolute Gasteiger partial charge is 0.374 e. The van der Waals surface area contributed by atoms with Crippen LogP contribution in [0.1, 0.15) is 28.8 Å². The Hall–Kier alpha value is -1.80. The average Bonchev–Trinajstić information content (AvgIpc) is 3.14. The number of carbonyl (C=O) groups excluding carboxylic acids is 1. The average molecular weight is 385 g/mol. The number of likely N-dealkylation sites (N-methyl/N-ethyl adjacent to an activating group) is 2. The zero-order chi connectivity index (χ0) is 19.6. The van der Waals surface area contributed by atoms with Gasteiger partial charge in [-0.05, 0) is 38.1 Å². The van der Waals surface area contributed by atoms with Crippen molar-refractivity contribution in [3.05, 3.63) is 29.3 Å². The lowest BCUT2D eigenvalue weighted by Crippen LogP contribution is -2.46. The number of anilines is 1. The Bertz CT molecular complexity index is 675. The van der Waals surface area contributed by atoms with E-state index in [4.69, 9.17) is 4.74 Å². The number of hydrogen-bond donors (Lipinski definition) is 0. The number of ether oxygens (including phenoxy) is 1. The van der Waals surface area contributed by atoms with E-state index in [9.17, 15) is 18.0 Å². The molecule has 5 nitrogen and oxygen atoms in total. The number of halogens is 3. The molecule has 3 rings (SSSR count). The number of nitrogens with zero attached hydrogens (tertiary/aromatic N) is 3. The molecule has 27 heavy (non-hydrogen) atoms. The van der Waals surface area contributed by atoms with E-state index in [2.05, 4.69) is 4.90 Å². The van der Waals surface area contributed by atoms with E-state index in [1.165, 1.54) is 6.07 Å². The Labute approximate surface area is 157 Å². The molecule has 2 aliphatic heterocycles. The fourth-order valence-electron chi connectivity index (χ4n) is 3.68. The van der Waals surface area contributed by atoms with Crippen LogP contribution in [0.2, 0.25) is 0 Å². The van der Waals surface area contributed by atoms with Crippen LogP contribution in [0.4, 0.5) is 18.9 Å². The largest absolute Gasteiger partial charge is 0.416 e.